The standard InChI is InChI=1S/C30H34FN5O2/c1-2-34-15-17-35(18-16-34)20-22-3-10-27(11-4-22)33-30(38)36-14-13-24-19-28(12-7-25(24)21-36)32-29(37)23-5-8-26(31)9-6-23/h3-12,19H,2,13-18,20-21H2,1H3,(H,32,37)(H,33,38). The molecule has 0 unspecified atom stereocenters. The van der Waals surface area contributed by atoms with Crippen molar-refractivity contribution >= 4 is 23.3 Å². The van der Waals surface area contributed by atoms with Crippen molar-refractivity contribution in [3.63, 3.8) is 0 Å². The SMILES string of the molecule is CCN1CCN(Cc2ccc(NC(=O)N3CCc4cc(NC(=O)c5ccc(F)cc5)ccc4C3)cc2)CC1. The van der Waals surface area contributed by atoms with Gasteiger partial charge in [-0.25, -0.2) is 9.18 Å². The first-order valence-electron chi connectivity index (χ1n) is 13.2. The zero-order valence-electron chi connectivity index (χ0n) is 21.8. The van der Waals surface area contributed by atoms with E-state index in [9.17, 15) is 14.0 Å². The second-order valence-electron chi connectivity index (χ2n) is 9.95. The van der Waals surface area contributed by atoms with Gasteiger partial charge < -0.3 is 20.4 Å². The summed E-state index contributed by atoms with van der Waals surface area (Å²) in [6, 6.07) is 19.2. The van der Waals surface area contributed by atoms with Gasteiger partial charge in [0.1, 0.15) is 5.82 Å². The summed E-state index contributed by atoms with van der Waals surface area (Å²) in [4.78, 5) is 32.2. The molecular weight excluding hydrogens is 481 g/mol. The Hall–Kier alpha value is -3.75. The molecule has 0 spiro atoms. The molecule has 7 nitrogen and oxygen atoms in total. The molecule has 2 aliphatic heterocycles. The van der Waals surface area contributed by atoms with Crippen LogP contribution in [-0.2, 0) is 19.5 Å². The maximum absolute atomic E-state index is 13.1. The zero-order chi connectivity index (χ0) is 26.5. The molecule has 3 aromatic rings. The van der Waals surface area contributed by atoms with E-state index >= 15 is 0 Å². The van der Waals surface area contributed by atoms with Crippen LogP contribution in [0.3, 0.4) is 0 Å². The maximum atomic E-state index is 13.1. The highest BCUT2D eigenvalue weighted by Gasteiger charge is 2.22. The topological polar surface area (TPSA) is 67.9 Å². The van der Waals surface area contributed by atoms with Crippen molar-refractivity contribution in [2.24, 2.45) is 0 Å². The van der Waals surface area contributed by atoms with Gasteiger partial charge >= 0.3 is 6.03 Å². The lowest BCUT2D eigenvalue weighted by molar-refractivity contribution is 0.102. The van der Waals surface area contributed by atoms with E-state index in [0.29, 0.717) is 30.8 Å². The van der Waals surface area contributed by atoms with Crippen molar-refractivity contribution in [3.8, 4) is 0 Å². The van der Waals surface area contributed by atoms with Crippen molar-refractivity contribution in [1.82, 2.24) is 14.7 Å². The van der Waals surface area contributed by atoms with Gasteiger partial charge in [-0.2, -0.15) is 0 Å². The number of nitrogens with zero attached hydrogens (tertiary/aromatic N) is 3. The van der Waals surface area contributed by atoms with E-state index in [1.54, 1.807) is 4.90 Å². The Morgan fingerprint density at radius 3 is 2.18 bits per heavy atom. The van der Waals surface area contributed by atoms with Crippen LogP contribution in [0.1, 0.15) is 34.0 Å². The van der Waals surface area contributed by atoms with Crippen LogP contribution in [0.15, 0.2) is 66.7 Å². The Kier molecular flexibility index (Phi) is 8.00. The highest BCUT2D eigenvalue weighted by Crippen LogP contribution is 2.24. The molecule has 3 amide bonds. The second kappa shape index (κ2) is 11.8. The van der Waals surface area contributed by atoms with Gasteiger partial charge in [0.05, 0.1) is 0 Å². The molecule has 2 heterocycles. The van der Waals surface area contributed by atoms with Crippen molar-refractivity contribution in [3.05, 3.63) is 94.8 Å². The number of anilines is 2. The van der Waals surface area contributed by atoms with Crippen molar-refractivity contribution in [2.45, 2.75) is 26.4 Å². The highest BCUT2D eigenvalue weighted by molar-refractivity contribution is 6.04. The van der Waals surface area contributed by atoms with Crippen LogP contribution in [0.25, 0.3) is 0 Å². The van der Waals surface area contributed by atoms with Crippen LogP contribution in [0.5, 0.6) is 0 Å². The molecule has 198 valence electrons. The fraction of sp³-hybridized carbons (Fsp3) is 0.333. The third-order valence-electron chi connectivity index (χ3n) is 7.39. The van der Waals surface area contributed by atoms with Crippen LogP contribution in [0, 0.1) is 5.82 Å². The lowest BCUT2D eigenvalue weighted by atomic mass is 9.99. The molecule has 0 radical (unpaired) electrons. The predicted octanol–water partition coefficient (Wildman–Crippen LogP) is 4.81. The van der Waals surface area contributed by atoms with Gasteiger partial charge in [-0.15, -0.1) is 0 Å². The number of piperazine rings is 1. The Morgan fingerprint density at radius 1 is 0.789 bits per heavy atom. The molecule has 0 saturated carbocycles. The number of likely N-dealkylation sites (N-methyl/N-ethyl adjacent to an activating group) is 1. The van der Waals surface area contributed by atoms with Crippen molar-refractivity contribution in [1.29, 1.82) is 0 Å². The average molecular weight is 516 g/mol. The molecule has 0 aliphatic carbocycles. The smallest absolute Gasteiger partial charge is 0.322 e. The summed E-state index contributed by atoms with van der Waals surface area (Å²) in [5, 5.41) is 5.90. The summed E-state index contributed by atoms with van der Waals surface area (Å²) in [7, 11) is 0. The summed E-state index contributed by atoms with van der Waals surface area (Å²) < 4.78 is 13.1. The van der Waals surface area contributed by atoms with Gasteiger partial charge in [0.25, 0.3) is 5.91 Å². The Bertz CT molecular complexity index is 1270. The maximum Gasteiger partial charge on any atom is 0.322 e. The molecule has 0 bridgehead atoms. The molecule has 1 fully saturated rings. The van der Waals surface area contributed by atoms with Crippen LogP contribution in [0.2, 0.25) is 0 Å². The van der Waals surface area contributed by atoms with Gasteiger partial charge in [-0.05, 0) is 78.2 Å². The van der Waals surface area contributed by atoms with Gasteiger partial charge in [-0.3, -0.25) is 9.69 Å². The zero-order valence-corrected chi connectivity index (χ0v) is 21.8. The number of carbonyl (C=O) groups excluding carboxylic acids is 2. The predicted molar refractivity (Wildman–Crippen MR) is 148 cm³/mol. The van der Waals surface area contributed by atoms with Gasteiger partial charge in [-0.1, -0.05) is 25.1 Å². The number of carbonyl (C=O) groups is 2. The molecule has 0 aromatic heterocycles. The van der Waals surface area contributed by atoms with E-state index in [-0.39, 0.29) is 17.8 Å². The van der Waals surface area contributed by atoms with Crippen LogP contribution < -0.4 is 10.6 Å². The number of hydrogen-bond acceptors (Lipinski definition) is 4. The molecule has 1 saturated heterocycles. The number of nitrogens with one attached hydrogen (secondary N) is 2. The lowest BCUT2D eigenvalue weighted by Crippen LogP contribution is -2.45. The largest absolute Gasteiger partial charge is 0.322 e. The molecule has 3 aromatic carbocycles. The molecule has 8 heteroatoms. The number of benzene rings is 3. The highest BCUT2D eigenvalue weighted by atomic mass is 19.1. The minimum absolute atomic E-state index is 0.118. The Morgan fingerprint density at radius 2 is 1.47 bits per heavy atom. The summed E-state index contributed by atoms with van der Waals surface area (Å²) in [6.07, 6.45) is 0.702. The van der Waals surface area contributed by atoms with Crippen LogP contribution in [0.4, 0.5) is 20.6 Å². The fourth-order valence-corrected chi connectivity index (χ4v) is 5.03. The Labute approximate surface area is 223 Å². The molecule has 0 atom stereocenters. The normalized spacial score (nSPS) is 16.1. The monoisotopic (exact) mass is 515 g/mol. The number of rotatable bonds is 6. The van der Waals surface area contributed by atoms with E-state index in [1.807, 2.05) is 30.3 Å². The number of halogens is 1. The van der Waals surface area contributed by atoms with Crippen molar-refractivity contribution < 1.29 is 14.0 Å². The molecule has 2 N–H and O–H groups in total. The second-order valence-corrected chi connectivity index (χ2v) is 9.95. The lowest BCUT2D eigenvalue weighted by Gasteiger charge is -2.34. The first-order valence-corrected chi connectivity index (χ1v) is 13.2. The average Bonchev–Trinajstić information content (AvgIpc) is 2.94. The first-order chi connectivity index (χ1) is 18.5. The van der Waals surface area contributed by atoms with E-state index in [1.165, 1.54) is 29.8 Å². The summed E-state index contributed by atoms with van der Waals surface area (Å²) in [6.45, 7) is 9.78. The first kappa shape index (κ1) is 25.9. The quantitative estimate of drug-likeness (QED) is 0.495. The fourth-order valence-electron chi connectivity index (χ4n) is 5.03. The number of amides is 3. The number of fused-ring (bicyclic) bond motifs is 1. The summed E-state index contributed by atoms with van der Waals surface area (Å²) >= 11 is 0. The third kappa shape index (κ3) is 6.38. The molecule has 2 aliphatic rings. The number of hydrogen-bond donors (Lipinski definition) is 2. The molecular formula is C30H34FN5O2. The molecule has 38 heavy (non-hydrogen) atoms. The number of urea groups is 1. The molecule has 5 rings (SSSR count). The van der Waals surface area contributed by atoms with Crippen LogP contribution >= 0.6 is 0 Å². The van der Waals surface area contributed by atoms with E-state index in [4.69, 9.17) is 0 Å². The third-order valence-corrected chi connectivity index (χ3v) is 7.39. The van der Waals surface area contributed by atoms with Gasteiger partial charge in [0, 0.05) is 62.8 Å². The van der Waals surface area contributed by atoms with Crippen molar-refractivity contribution in [2.75, 3.05) is 49.9 Å². The summed E-state index contributed by atoms with van der Waals surface area (Å²) in [5.41, 5.74) is 5.29. The van der Waals surface area contributed by atoms with E-state index < -0.39 is 0 Å². The van der Waals surface area contributed by atoms with Gasteiger partial charge in [0.2, 0.25) is 0 Å². The van der Waals surface area contributed by atoms with Crippen LogP contribution in [-0.4, -0.2) is 65.9 Å². The minimum Gasteiger partial charge on any atom is -0.322 e. The Balaban J connectivity index is 1.13. The van der Waals surface area contributed by atoms with E-state index in [0.717, 1.165) is 56.1 Å². The van der Waals surface area contributed by atoms with E-state index in [2.05, 4.69) is 39.5 Å². The minimum atomic E-state index is -0.377. The summed E-state index contributed by atoms with van der Waals surface area (Å²) in [5.74, 6) is -0.663. The van der Waals surface area contributed by atoms with Gasteiger partial charge in [0.15, 0.2) is 0 Å².